The van der Waals surface area contributed by atoms with Crippen LogP contribution in [0.1, 0.15) is 36.1 Å². The molecule has 2 aliphatic rings. The van der Waals surface area contributed by atoms with Crippen molar-refractivity contribution >= 4 is 35.6 Å². The Morgan fingerprint density at radius 2 is 2.17 bits per heavy atom. The van der Waals surface area contributed by atoms with Crippen molar-refractivity contribution in [2.45, 2.75) is 44.7 Å². The van der Waals surface area contributed by atoms with Crippen LogP contribution < -0.4 is 11.1 Å². The topological polar surface area (TPSA) is 75.4 Å². The van der Waals surface area contributed by atoms with E-state index in [1.807, 2.05) is 4.90 Å². The minimum atomic E-state index is -0.0716. The van der Waals surface area contributed by atoms with E-state index in [-0.39, 0.29) is 43.1 Å². The van der Waals surface area contributed by atoms with Crippen molar-refractivity contribution < 1.29 is 9.59 Å². The highest BCUT2D eigenvalue weighted by molar-refractivity contribution is 7.10. The maximum atomic E-state index is 12.2. The molecule has 3 N–H and O–H groups in total. The maximum absolute atomic E-state index is 12.2. The Bertz CT molecular complexity index is 559. The third-order valence-electron chi connectivity index (χ3n) is 4.49. The van der Waals surface area contributed by atoms with E-state index in [1.54, 1.807) is 11.3 Å². The molecule has 2 amide bonds. The fourth-order valence-corrected chi connectivity index (χ4v) is 3.74. The van der Waals surface area contributed by atoms with Gasteiger partial charge in [-0.25, -0.2) is 0 Å². The van der Waals surface area contributed by atoms with E-state index < -0.39 is 0 Å². The van der Waals surface area contributed by atoms with Crippen molar-refractivity contribution in [1.82, 2.24) is 10.2 Å². The number of thiophene rings is 1. The molecule has 1 fully saturated rings. The van der Waals surface area contributed by atoms with Gasteiger partial charge in [0.05, 0.1) is 0 Å². The number of hydrogen-bond donors (Lipinski definition) is 2. The van der Waals surface area contributed by atoms with Crippen molar-refractivity contribution in [2.75, 3.05) is 13.1 Å². The van der Waals surface area contributed by atoms with E-state index in [4.69, 9.17) is 5.73 Å². The zero-order valence-electron chi connectivity index (χ0n) is 13.1. The molecule has 0 aromatic carbocycles. The van der Waals surface area contributed by atoms with Gasteiger partial charge in [0.1, 0.15) is 0 Å². The molecule has 1 atom stereocenters. The molecule has 1 aromatic heterocycles. The molecule has 1 aliphatic heterocycles. The Morgan fingerprint density at radius 3 is 2.91 bits per heavy atom. The largest absolute Gasteiger partial charge is 0.355 e. The zero-order valence-corrected chi connectivity index (χ0v) is 14.8. The second-order valence-corrected chi connectivity index (χ2v) is 7.24. The highest BCUT2D eigenvalue weighted by Crippen LogP contribution is 2.31. The highest BCUT2D eigenvalue weighted by atomic mass is 35.5. The molecule has 5 nitrogen and oxygen atoms in total. The molecular formula is C16H24ClN3O2S. The molecular weight excluding hydrogens is 334 g/mol. The summed E-state index contributed by atoms with van der Waals surface area (Å²) in [7, 11) is 0. The summed E-state index contributed by atoms with van der Waals surface area (Å²) in [6.45, 7) is 1.98. The van der Waals surface area contributed by atoms with Gasteiger partial charge in [-0.2, -0.15) is 0 Å². The molecule has 1 aromatic rings. The molecule has 0 radical (unpaired) electrons. The summed E-state index contributed by atoms with van der Waals surface area (Å²) in [5, 5.41) is 4.92. The number of nitrogens with zero attached hydrogens (tertiary/aromatic N) is 1. The Labute approximate surface area is 147 Å². The molecule has 7 heteroatoms. The van der Waals surface area contributed by atoms with Crippen LogP contribution in [0, 0.1) is 5.92 Å². The highest BCUT2D eigenvalue weighted by Gasteiger charge is 2.28. The molecule has 1 aliphatic carbocycles. The minimum Gasteiger partial charge on any atom is -0.355 e. The lowest BCUT2D eigenvalue weighted by molar-refractivity contribution is -0.134. The quantitative estimate of drug-likeness (QED) is 0.813. The van der Waals surface area contributed by atoms with Crippen LogP contribution in [0.5, 0.6) is 0 Å². The number of carbonyl (C=O) groups excluding carboxylic acids is 2. The van der Waals surface area contributed by atoms with Crippen LogP contribution >= 0.6 is 23.7 Å². The Kier molecular flexibility index (Phi) is 6.44. The number of fused-ring (bicyclic) bond motifs is 1. The van der Waals surface area contributed by atoms with Crippen LogP contribution in [0.15, 0.2) is 11.4 Å². The fraction of sp³-hybridized carbons (Fsp3) is 0.625. The van der Waals surface area contributed by atoms with E-state index in [0.29, 0.717) is 19.0 Å². The van der Waals surface area contributed by atoms with E-state index >= 15 is 0 Å². The van der Waals surface area contributed by atoms with Gasteiger partial charge in [0.15, 0.2) is 0 Å². The third-order valence-corrected chi connectivity index (χ3v) is 5.51. The zero-order chi connectivity index (χ0) is 15.5. The van der Waals surface area contributed by atoms with Crippen LogP contribution in [0.4, 0.5) is 0 Å². The van der Waals surface area contributed by atoms with Crippen LogP contribution in [-0.4, -0.2) is 35.8 Å². The normalized spacial score (nSPS) is 17.9. The number of carbonyl (C=O) groups is 2. The average molecular weight is 358 g/mol. The first kappa shape index (κ1) is 18.2. The van der Waals surface area contributed by atoms with Crippen molar-refractivity contribution in [3.05, 3.63) is 21.9 Å². The van der Waals surface area contributed by atoms with Gasteiger partial charge in [-0.3, -0.25) is 9.59 Å². The second-order valence-electron chi connectivity index (χ2n) is 6.24. The van der Waals surface area contributed by atoms with E-state index in [9.17, 15) is 9.59 Å². The molecule has 1 saturated carbocycles. The molecule has 0 saturated heterocycles. The monoisotopic (exact) mass is 357 g/mol. The van der Waals surface area contributed by atoms with Crippen molar-refractivity contribution in [3.8, 4) is 0 Å². The smallest absolute Gasteiger partial charge is 0.223 e. The molecule has 23 heavy (non-hydrogen) atoms. The molecule has 128 valence electrons. The number of hydrogen-bond acceptors (Lipinski definition) is 4. The van der Waals surface area contributed by atoms with Gasteiger partial charge in [-0.05, 0) is 42.2 Å². The number of nitrogens with one attached hydrogen (secondary N) is 1. The number of rotatable bonds is 6. The van der Waals surface area contributed by atoms with Crippen LogP contribution in [0.2, 0.25) is 0 Å². The predicted octanol–water partition coefficient (Wildman–Crippen LogP) is 1.69. The molecule has 1 unspecified atom stereocenters. The molecule has 3 rings (SSSR count). The lowest BCUT2D eigenvalue weighted by Gasteiger charge is -2.27. The molecule has 0 spiro atoms. The molecule has 2 heterocycles. The van der Waals surface area contributed by atoms with Gasteiger partial charge >= 0.3 is 0 Å². The van der Waals surface area contributed by atoms with Gasteiger partial charge < -0.3 is 16.0 Å². The SMILES string of the molecule is Cl.NC(CNC(=O)CCC(=O)N1CCc2sccc2C1)C1CC1. The first-order chi connectivity index (χ1) is 10.6. The second kappa shape index (κ2) is 8.13. The van der Waals surface area contributed by atoms with Gasteiger partial charge in [0.2, 0.25) is 11.8 Å². The minimum absolute atomic E-state index is 0. The van der Waals surface area contributed by atoms with E-state index in [1.165, 1.54) is 23.3 Å². The van der Waals surface area contributed by atoms with Gasteiger partial charge in [-0.15, -0.1) is 23.7 Å². The van der Waals surface area contributed by atoms with Gasteiger partial charge in [-0.1, -0.05) is 0 Å². The number of halogens is 1. The van der Waals surface area contributed by atoms with Crippen LogP contribution in [0.25, 0.3) is 0 Å². The van der Waals surface area contributed by atoms with Crippen LogP contribution in [0.3, 0.4) is 0 Å². The van der Waals surface area contributed by atoms with Crippen molar-refractivity contribution in [3.63, 3.8) is 0 Å². The lowest BCUT2D eigenvalue weighted by Crippen LogP contribution is -2.39. The first-order valence-electron chi connectivity index (χ1n) is 7.99. The van der Waals surface area contributed by atoms with Crippen molar-refractivity contribution in [2.24, 2.45) is 11.7 Å². The number of nitrogens with two attached hydrogens (primary N) is 1. The maximum Gasteiger partial charge on any atom is 0.223 e. The summed E-state index contributed by atoms with van der Waals surface area (Å²) in [5.41, 5.74) is 7.20. The van der Waals surface area contributed by atoms with E-state index in [2.05, 4.69) is 16.8 Å². The Balaban J connectivity index is 0.00000192. The standard InChI is InChI=1S/C16H23N3O2S.ClH/c17-13(11-1-2-11)9-18-15(20)3-4-16(21)19-7-5-14-12(10-19)6-8-22-14;/h6,8,11,13H,1-5,7,9-10,17H2,(H,18,20);1H. The summed E-state index contributed by atoms with van der Waals surface area (Å²) in [4.78, 5) is 27.3. The molecule has 0 bridgehead atoms. The van der Waals surface area contributed by atoms with Gasteiger partial charge in [0, 0.05) is 43.4 Å². The third kappa shape index (κ3) is 4.93. The summed E-state index contributed by atoms with van der Waals surface area (Å²) in [5.74, 6) is 0.575. The number of amides is 2. The lowest BCUT2D eigenvalue weighted by atomic mass is 10.1. The fourth-order valence-electron chi connectivity index (χ4n) is 2.85. The predicted molar refractivity (Wildman–Crippen MR) is 93.6 cm³/mol. The van der Waals surface area contributed by atoms with Crippen LogP contribution in [-0.2, 0) is 22.6 Å². The summed E-state index contributed by atoms with van der Waals surface area (Å²) >= 11 is 1.76. The Morgan fingerprint density at radius 1 is 1.39 bits per heavy atom. The summed E-state index contributed by atoms with van der Waals surface area (Å²) in [6.07, 6.45) is 3.82. The Hall–Kier alpha value is -1.11. The van der Waals surface area contributed by atoms with Crippen molar-refractivity contribution in [1.29, 1.82) is 0 Å². The summed E-state index contributed by atoms with van der Waals surface area (Å²) < 4.78 is 0. The first-order valence-corrected chi connectivity index (χ1v) is 8.86. The van der Waals surface area contributed by atoms with E-state index in [0.717, 1.165) is 13.0 Å². The van der Waals surface area contributed by atoms with Gasteiger partial charge in [0.25, 0.3) is 0 Å². The summed E-state index contributed by atoms with van der Waals surface area (Å²) in [6, 6.07) is 2.16. The average Bonchev–Trinajstić information content (AvgIpc) is 3.27.